The molecule has 0 N–H and O–H groups in total. The van der Waals surface area contributed by atoms with Crippen molar-refractivity contribution in [2.24, 2.45) is 0 Å². The third-order valence-electron chi connectivity index (χ3n) is 5.21. The maximum atomic E-state index is 12.4. The van der Waals surface area contributed by atoms with E-state index >= 15 is 0 Å². The molecule has 0 aromatic carbocycles. The molecule has 0 aliphatic carbocycles. The van der Waals surface area contributed by atoms with Crippen LogP contribution in [0.1, 0.15) is 69.3 Å². The summed E-state index contributed by atoms with van der Waals surface area (Å²) in [6.07, 6.45) is 7.45. The number of hydrogen-bond acceptors (Lipinski definition) is 4. The topological polar surface area (TPSA) is 49.3 Å². The van der Waals surface area contributed by atoms with Gasteiger partial charge in [0.25, 0.3) is 0 Å². The van der Waals surface area contributed by atoms with Crippen LogP contribution in [0, 0.1) is 6.92 Å². The first-order valence-corrected chi connectivity index (χ1v) is 9.55. The zero-order chi connectivity index (χ0) is 16.9. The summed E-state index contributed by atoms with van der Waals surface area (Å²) < 4.78 is 0. The van der Waals surface area contributed by atoms with E-state index in [0.29, 0.717) is 18.2 Å². The van der Waals surface area contributed by atoms with Crippen molar-refractivity contribution >= 4 is 11.7 Å². The second-order valence-corrected chi connectivity index (χ2v) is 7.17. The third kappa shape index (κ3) is 4.05. The summed E-state index contributed by atoms with van der Waals surface area (Å²) in [7, 11) is 0. The number of anilines is 1. The molecule has 3 rings (SSSR count). The molecule has 2 aliphatic heterocycles. The molecule has 3 heterocycles. The number of piperidine rings is 1. The summed E-state index contributed by atoms with van der Waals surface area (Å²) in [4.78, 5) is 26.1. The summed E-state index contributed by atoms with van der Waals surface area (Å²) >= 11 is 0. The van der Waals surface area contributed by atoms with Crippen LogP contribution in [0.5, 0.6) is 0 Å². The highest BCUT2D eigenvalue weighted by Gasteiger charge is 2.26. The normalized spacial score (nSPS) is 21.3. The van der Waals surface area contributed by atoms with Gasteiger partial charge in [0.15, 0.2) is 0 Å². The Morgan fingerprint density at radius 1 is 1.21 bits per heavy atom. The van der Waals surface area contributed by atoms with Gasteiger partial charge in [0.2, 0.25) is 5.91 Å². The van der Waals surface area contributed by atoms with Crippen molar-refractivity contribution < 1.29 is 4.79 Å². The second-order valence-electron chi connectivity index (χ2n) is 7.17. The molecular formula is C19H30N4O. The van der Waals surface area contributed by atoms with E-state index in [9.17, 15) is 4.79 Å². The maximum Gasteiger partial charge on any atom is 0.222 e. The van der Waals surface area contributed by atoms with Crippen LogP contribution in [-0.4, -0.2) is 47.0 Å². The second kappa shape index (κ2) is 7.95. The molecule has 1 atom stereocenters. The minimum atomic E-state index is 0.312. The number of unbranched alkanes of at least 4 members (excludes halogenated alkanes) is 1. The quantitative estimate of drug-likeness (QED) is 0.831. The molecule has 0 saturated carbocycles. The lowest BCUT2D eigenvalue weighted by molar-refractivity contribution is -0.132. The van der Waals surface area contributed by atoms with Crippen LogP contribution in [0.15, 0.2) is 6.07 Å². The van der Waals surface area contributed by atoms with E-state index in [0.717, 1.165) is 69.2 Å². The summed E-state index contributed by atoms with van der Waals surface area (Å²) in [5.74, 6) is 2.59. The molecule has 0 unspecified atom stereocenters. The molecular weight excluding hydrogens is 300 g/mol. The first kappa shape index (κ1) is 17.2. The van der Waals surface area contributed by atoms with Crippen LogP contribution in [0.25, 0.3) is 0 Å². The standard InChI is InChI=1S/C19H30N4O/c1-3-4-9-19(24)23-12-7-8-16(14-23)17-13-18(21-15(2)20-17)22-10-5-6-11-22/h13,16H,3-12,14H2,1-2H3/t16-/m1/s1. The molecule has 2 saturated heterocycles. The average Bonchev–Trinajstić information content (AvgIpc) is 3.14. The summed E-state index contributed by atoms with van der Waals surface area (Å²) in [6.45, 7) is 8.04. The third-order valence-corrected chi connectivity index (χ3v) is 5.21. The number of likely N-dealkylation sites (tertiary alicyclic amines) is 1. The first-order valence-electron chi connectivity index (χ1n) is 9.55. The van der Waals surface area contributed by atoms with E-state index in [1.807, 2.05) is 6.92 Å². The van der Waals surface area contributed by atoms with E-state index in [1.54, 1.807) is 0 Å². The van der Waals surface area contributed by atoms with Crippen molar-refractivity contribution in [2.45, 2.75) is 64.7 Å². The number of rotatable bonds is 5. The van der Waals surface area contributed by atoms with E-state index in [-0.39, 0.29) is 0 Å². The molecule has 0 spiro atoms. The smallest absolute Gasteiger partial charge is 0.222 e. The van der Waals surface area contributed by atoms with Crippen LogP contribution in [0.2, 0.25) is 0 Å². The molecule has 24 heavy (non-hydrogen) atoms. The fourth-order valence-corrected chi connectivity index (χ4v) is 3.82. The van der Waals surface area contributed by atoms with E-state index in [2.05, 4.69) is 27.8 Å². The highest BCUT2D eigenvalue weighted by Crippen LogP contribution is 2.29. The van der Waals surface area contributed by atoms with Gasteiger partial charge in [0, 0.05) is 44.6 Å². The van der Waals surface area contributed by atoms with Crippen LogP contribution in [-0.2, 0) is 4.79 Å². The summed E-state index contributed by atoms with van der Waals surface area (Å²) in [5, 5.41) is 0. The van der Waals surface area contributed by atoms with Crippen LogP contribution >= 0.6 is 0 Å². The van der Waals surface area contributed by atoms with Crippen molar-refractivity contribution in [3.63, 3.8) is 0 Å². The molecule has 1 aromatic rings. The zero-order valence-corrected chi connectivity index (χ0v) is 15.1. The molecule has 2 aliphatic rings. The summed E-state index contributed by atoms with van der Waals surface area (Å²) in [5.41, 5.74) is 1.12. The highest BCUT2D eigenvalue weighted by atomic mass is 16.2. The van der Waals surface area contributed by atoms with Gasteiger partial charge in [-0.15, -0.1) is 0 Å². The lowest BCUT2D eigenvalue weighted by Crippen LogP contribution is -2.39. The monoisotopic (exact) mass is 330 g/mol. The number of amides is 1. The zero-order valence-electron chi connectivity index (χ0n) is 15.1. The van der Waals surface area contributed by atoms with Crippen molar-refractivity contribution in [3.8, 4) is 0 Å². The van der Waals surface area contributed by atoms with Gasteiger partial charge >= 0.3 is 0 Å². The SMILES string of the molecule is CCCCC(=O)N1CCC[C@@H](c2cc(N3CCCC3)nc(C)n2)C1. The molecule has 132 valence electrons. The number of carbonyl (C=O) groups excluding carboxylic acids is 1. The van der Waals surface area contributed by atoms with Crippen LogP contribution in [0.3, 0.4) is 0 Å². The summed E-state index contributed by atoms with van der Waals surface area (Å²) in [6, 6.07) is 2.17. The van der Waals surface area contributed by atoms with E-state index in [1.165, 1.54) is 12.8 Å². The fraction of sp³-hybridized carbons (Fsp3) is 0.737. The van der Waals surface area contributed by atoms with Gasteiger partial charge in [-0.2, -0.15) is 0 Å². The lowest BCUT2D eigenvalue weighted by atomic mass is 9.94. The van der Waals surface area contributed by atoms with Crippen LogP contribution < -0.4 is 4.90 Å². The fourth-order valence-electron chi connectivity index (χ4n) is 3.82. The van der Waals surface area contributed by atoms with Gasteiger partial charge < -0.3 is 9.80 Å². The van der Waals surface area contributed by atoms with Gasteiger partial charge in [0.1, 0.15) is 11.6 Å². The number of carbonyl (C=O) groups is 1. The number of nitrogens with zero attached hydrogens (tertiary/aromatic N) is 4. The number of hydrogen-bond donors (Lipinski definition) is 0. The highest BCUT2D eigenvalue weighted by molar-refractivity contribution is 5.76. The molecule has 1 aromatic heterocycles. The predicted octanol–water partition coefficient (Wildman–Crippen LogP) is 3.28. The molecule has 0 radical (unpaired) electrons. The Labute approximate surface area is 145 Å². The minimum Gasteiger partial charge on any atom is -0.357 e. The Balaban J connectivity index is 1.72. The lowest BCUT2D eigenvalue weighted by Gasteiger charge is -2.33. The van der Waals surface area contributed by atoms with Crippen molar-refractivity contribution in [1.29, 1.82) is 0 Å². The van der Waals surface area contributed by atoms with Gasteiger partial charge in [-0.25, -0.2) is 9.97 Å². The van der Waals surface area contributed by atoms with Gasteiger partial charge in [0.05, 0.1) is 5.69 Å². The van der Waals surface area contributed by atoms with Gasteiger partial charge in [-0.3, -0.25) is 4.79 Å². The largest absolute Gasteiger partial charge is 0.357 e. The van der Waals surface area contributed by atoms with Crippen LogP contribution in [0.4, 0.5) is 5.82 Å². The molecule has 0 bridgehead atoms. The van der Waals surface area contributed by atoms with Crippen molar-refractivity contribution in [2.75, 3.05) is 31.1 Å². The van der Waals surface area contributed by atoms with Gasteiger partial charge in [-0.05, 0) is 39.0 Å². The minimum absolute atomic E-state index is 0.312. The molecule has 2 fully saturated rings. The Hall–Kier alpha value is -1.65. The predicted molar refractivity (Wildman–Crippen MR) is 96.3 cm³/mol. The molecule has 5 nitrogen and oxygen atoms in total. The van der Waals surface area contributed by atoms with Crippen molar-refractivity contribution in [1.82, 2.24) is 14.9 Å². The van der Waals surface area contributed by atoms with E-state index < -0.39 is 0 Å². The van der Waals surface area contributed by atoms with Gasteiger partial charge in [-0.1, -0.05) is 13.3 Å². The van der Waals surface area contributed by atoms with E-state index in [4.69, 9.17) is 4.98 Å². The average molecular weight is 330 g/mol. The Bertz CT molecular complexity index is 568. The Morgan fingerprint density at radius 3 is 2.75 bits per heavy atom. The first-order chi connectivity index (χ1) is 11.7. The maximum absolute atomic E-state index is 12.4. The number of aryl methyl sites for hydroxylation is 1. The Morgan fingerprint density at radius 2 is 2.00 bits per heavy atom. The molecule has 5 heteroatoms. The number of aromatic nitrogens is 2. The van der Waals surface area contributed by atoms with Crippen molar-refractivity contribution in [3.05, 3.63) is 17.6 Å². The molecule has 1 amide bonds. The Kier molecular flexibility index (Phi) is 5.69.